The van der Waals surface area contributed by atoms with Crippen molar-refractivity contribution in [3.63, 3.8) is 0 Å². The molecule has 0 amide bonds. The number of nitrogens with two attached hydrogens (primary N) is 1. The average molecular weight is 277 g/mol. The summed E-state index contributed by atoms with van der Waals surface area (Å²) in [7, 11) is 0. The molecule has 1 aliphatic rings. The summed E-state index contributed by atoms with van der Waals surface area (Å²) in [6.45, 7) is 9.45. The summed E-state index contributed by atoms with van der Waals surface area (Å²) in [6, 6.07) is 10.5. The summed E-state index contributed by atoms with van der Waals surface area (Å²) in [5.74, 6) is 0.967. The highest BCUT2D eigenvalue weighted by Gasteiger charge is 2.19. The number of ether oxygens (including phenoxy) is 1. The average Bonchev–Trinajstić information content (AvgIpc) is 2.52. The first-order chi connectivity index (χ1) is 9.79. The van der Waals surface area contributed by atoms with Crippen molar-refractivity contribution in [3.8, 4) is 5.75 Å². The van der Waals surface area contributed by atoms with Gasteiger partial charge in [0, 0.05) is 45.3 Å². The lowest BCUT2D eigenvalue weighted by atomic mass is 10.2. The van der Waals surface area contributed by atoms with Crippen molar-refractivity contribution in [2.24, 2.45) is 5.73 Å². The van der Waals surface area contributed by atoms with Crippen molar-refractivity contribution >= 4 is 0 Å². The minimum Gasteiger partial charge on any atom is -0.494 e. The number of hydrogen-bond acceptors (Lipinski definition) is 4. The lowest BCUT2D eigenvalue weighted by Gasteiger charge is -2.37. The third-order valence-corrected chi connectivity index (χ3v) is 4.00. The van der Waals surface area contributed by atoms with E-state index in [-0.39, 0.29) is 0 Å². The molecule has 1 aliphatic heterocycles. The first-order valence-electron chi connectivity index (χ1n) is 7.64. The van der Waals surface area contributed by atoms with Gasteiger partial charge in [-0.3, -0.25) is 4.90 Å². The Bertz CT molecular complexity index is 363. The van der Waals surface area contributed by atoms with Crippen LogP contribution in [0, 0.1) is 0 Å². The zero-order valence-corrected chi connectivity index (χ0v) is 12.5. The number of nitrogens with zero attached hydrogens (tertiary/aromatic N) is 2. The van der Waals surface area contributed by atoms with E-state index in [2.05, 4.69) is 16.7 Å². The van der Waals surface area contributed by atoms with Gasteiger partial charge >= 0.3 is 0 Å². The maximum absolute atomic E-state index is 5.72. The lowest BCUT2D eigenvalue weighted by Crippen LogP contribution is -2.51. The fourth-order valence-corrected chi connectivity index (χ4v) is 2.57. The van der Waals surface area contributed by atoms with Gasteiger partial charge in [-0.15, -0.1) is 0 Å². The van der Waals surface area contributed by atoms with E-state index in [1.54, 1.807) is 0 Å². The van der Waals surface area contributed by atoms with E-state index < -0.39 is 0 Å². The zero-order chi connectivity index (χ0) is 14.2. The van der Waals surface area contributed by atoms with E-state index in [9.17, 15) is 0 Å². The number of para-hydroxylation sites is 1. The van der Waals surface area contributed by atoms with Crippen molar-refractivity contribution in [2.75, 3.05) is 45.9 Å². The van der Waals surface area contributed by atoms with Crippen molar-refractivity contribution < 1.29 is 4.74 Å². The largest absolute Gasteiger partial charge is 0.494 e. The summed E-state index contributed by atoms with van der Waals surface area (Å²) in [5, 5.41) is 0. The van der Waals surface area contributed by atoms with Crippen molar-refractivity contribution in [3.05, 3.63) is 30.3 Å². The molecule has 1 unspecified atom stereocenters. The molecule has 0 radical (unpaired) electrons. The fraction of sp³-hybridized carbons (Fsp3) is 0.625. The van der Waals surface area contributed by atoms with Crippen LogP contribution in [0.4, 0.5) is 0 Å². The van der Waals surface area contributed by atoms with Crippen LogP contribution in [0.15, 0.2) is 30.3 Å². The Labute approximate surface area is 122 Å². The van der Waals surface area contributed by atoms with Crippen molar-refractivity contribution in [2.45, 2.75) is 19.4 Å². The predicted molar refractivity (Wildman–Crippen MR) is 83.1 cm³/mol. The molecule has 0 bridgehead atoms. The van der Waals surface area contributed by atoms with Crippen LogP contribution in [-0.2, 0) is 0 Å². The topological polar surface area (TPSA) is 41.7 Å². The molecule has 0 saturated carbocycles. The van der Waals surface area contributed by atoms with Gasteiger partial charge in [0.25, 0.3) is 0 Å². The van der Waals surface area contributed by atoms with Crippen LogP contribution in [0.3, 0.4) is 0 Å². The van der Waals surface area contributed by atoms with E-state index >= 15 is 0 Å². The maximum atomic E-state index is 5.72. The number of hydrogen-bond donors (Lipinski definition) is 1. The van der Waals surface area contributed by atoms with Crippen LogP contribution in [-0.4, -0.2) is 61.7 Å². The monoisotopic (exact) mass is 277 g/mol. The molecule has 4 heteroatoms. The second-order valence-electron chi connectivity index (χ2n) is 5.48. The van der Waals surface area contributed by atoms with Gasteiger partial charge in [0.15, 0.2) is 0 Å². The third-order valence-electron chi connectivity index (χ3n) is 4.00. The van der Waals surface area contributed by atoms with E-state index in [4.69, 9.17) is 10.5 Å². The third kappa shape index (κ3) is 4.78. The molecule has 0 aromatic heterocycles. The molecule has 1 atom stereocenters. The molecule has 1 heterocycles. The molecule has 1 aromatic carbocycles. The second-order valence-corrected chi connectivity index (χ2v) is 5.48. The van der Waals surface area contributed by atoms with Crippen LogP contribution >= 0.6 is 0 Å². The molecule has 1 saturated heterocycles. The Morgan fingerprint density at radius 1 is 1.15 bits per heavy atom. The number of rotatable bonds is 7. The van der Waals surface area contributed by atoms with E-state index in [0.29, 0.717) is 6.04 Å². The van der Waals surface area contributed by atoms with Gasteiger partial charge in [0.05, 0.1) is 6.61 Å². The highest BCUT2D eigenvalue weighted by Crippen LogP contribution is 2.09. The second kappa shape index (κ2) is 8.25. The number of benzene rings is 1. The van der Waals surface area contributed by atoms with E-state index in [1.807, 2.05) is 30.3 Å². The molecular weight excluding hydrogens is 250 g/mol. The first-order valence-corrected chi connectivity index (χ1v) is 7.64. The molecule has 2 N–H and O–H groups in total. The molecule has 2 rings (SSSR count). The Balaban J connectivity index is 1.57. The molecule has 1 fully saturated rings. The van der Waals surface area contributed by atoms with Gasteiger partial charge in [0.1, 0.15) is 5.75 Å². The molecule has 0 spiro atoms. The zero-order valence-electron chi connectivity index (χ0n) is 12.5. The fourth-order valence-electron chi connectivity index (χ4n) is 2.57. The van der Waals surface area contributed by atoms with Gasteiger partial charge < -0.3 is 15.4 Å². The Morgan fingerprint density at radius 2 is 1.85 bits per heavy atom. The van der Waals surface area contributed by atoms with E-state index in [1.165, 1.54) is 0 Å². The van der Waals surface area contributed by atoms with Gasteiger partial charge in [-0.25, -0.2) is 0 Å². The maximum Gasteiger partial charge on any atom is 0.119 e. The number of piperazine rings is 1. The van der Waals surface area contributed by atoms with Gasteiger partial charge in [-0.1, -0.05) is 18.2 Å². The highest BCUT2D eigenvalue weighted by molar-refractivity contribution is 5.20. The van der Waals surface area contributed by atoms with Crippen LogP contribution in [0.1, 0.15) is 13.3 Å². The summed E-state index contributed by atoms with van der Waals surface area (Å²) in [6.07, 6.45) is 1.08. The minimum absolute atomic E-state index is 0.513. The van der Waals surface area contributed by atoms with Crippen molar-refractivity contribution in [1.82, 2.24) is 9.80 Å². The van der Waals surface area contributed by atoms with Crippen LogP contribution < -0.4 is 10.5 Å². The normalized spacial score (nSPS) is 18.9. The summed E-state index contributed by atoms with van der Waals surface area (Å²) < 4.78 is 5.72. The molecule has 20 heavy (non-hydrogen) atoms. The molecule has 1 aromatic rings. The van der Waals surface area contributed by atoms with Crippen molar-refractivity contribution in [1.29, 1.82) is 0 Å². The summed E-state index contributed by atoms with van der Waals surface area (Å²) in [4.78, 5) is 5.01. The quantitative estimate of drug-likeness (QED) is 0.765. The van der Waals surface area contributed by atoms with Gasteiger partial charge in [-0.05, 0) is 25.5 Å². The Kier molecular flexibility index (Phi) is 6.30. The van der Waals surface area contributed by atoms with Crippen LogP contribution in [0.5, 0.6) is 5.75 Å². The van der Waals surface area contributed by atoms with Crippen LogP contribution in [0.25, 0.3) is 0 Å². The smallest absolute Gasteiger partial charge is 0.119 e. The molecule has 0 aliphatic carbocycles. The van der Waals surface area contributed by atoms with Gasteiger partial charge in [0.2, 0.25) is 0 Å². The highest BCUT2D eigenvalue weighted by atomic mass is 16.5. The standard InChI is InChI=1S/C16H27N3O/c1-15(14-17)19-11-9-18(10-12-19)8-5-13-20-16-6-3-2-4-7-16/h2-4,6-7,15H,5,8-14,17H2,1H3. The molecular formula is C16H27N3O. The lowest BCUT2D eigenvalue weighted by molar-refractivity contribution is 0.101. The molecule has 4 nitrogen and oxygen atoms in total. The Hall–Kier alpha value is -1.10. The SMILES string of the molecule is CC(CN)N1CCN(CCCOc2ccccc2)CC1. The summed E-state index contributed by atoms with van der Waals surface area (Å²) >= 11 is 0. The van der Waals surface area contributed by atoms with E-state index in [0.717, 1.165) is 58.0 Å². The molecule has 112 valence electrons. The first kappa shape index (κ1) is 15.3. The predicted octanol–water partition coefficient (Wildman–Crippen LogP) is 1.42. The van der Waals surface area contributed by atoms with Gasteiger partial charge in [-0.2, -0.15) is 0 Å². The Morgan fingerprint density at radius 3 is 2.50 bits per heavy atom. The minimum atomic E-state index is 0.513. The van der Waals surface area contributed by atoms with Crippen LogP contribution in [0.2, 0.25) is 0 Å². The summed E-state index contributed by atoms with van der Waals surface area (Å²) in [5.41, 5.74) is 5.72.